The molecule has 0 bridgehead atoms. The second-order valence-electron chi connectivity index (χ2n) is 17.8. The van der Waals surface area contributed by atoms with E-state index in [4.69, 9.17) is 14.2 Å². The summed E-state index contributed by atoms with van der Waals surface area (Å²) in [5.41, 5.74) is 0. The molecule has 344 valence electrons. The van der Waals surface area contributed by atoms with Crippen molar-refractivity contribution < 1.29 is 23.8 Å². The molecule has 0 aromatic carbocycles. The van der Waals surface area contributed by atoms with Gasteiger partial charge in [0.2, 0.25) is 0 Å². The Hall–Kier alpha value is -1.36. The third-order valence-electron chi connectivity index (χ3n) is 11.8. The van der Waals surface area contributed by atoms with Gasteiger partial charge < -0.3 is 14.2 Å². The van der Waals surface area contributed by atoms with Gasteiger partial charge in [0.15, 0.2) is 6.10 Å². The third kappa shape index (κ3) is 47.3. The molecule has 0 aromatic heterocycles. The van der Waals surface area contributed by atoms with Crippen molar-refractivity contribution in [1.29, 1.82) is 0 Å². The smallest absolute Gasteiger partial charge is 0.306 e. The lowest BCUT2D eigenvalue weighted by Gasteiger charge is -2.18. The molecule has 0 fully saturated rings. The summed E-state index contributed by atoms with van der Waals surface area (Å²) >= 11 is 0. The molecule has 0 amide bonds. The van der Waals surface area contributed by atoms with E-state index in [0.29, 0.717) is 26.1 Å². The highest BCUT2D eigenvalue weighted by molar-refractivity contribution is 5.70. The van der Waals surface area contributed by atoms with E-state index in [0.717, 1.165) is 38.5 Å². The number of esters is 2. The number of unbranched alkanes of at least 4 members (excludes halogenated alkanes) is 36. The van der Waals surface area contributed by atoms with Gasteiger partial charge >= 0.3 is 11.9 Å². The Bertz CT molecular complexity index is 840. The second-order valence-corrected chi connectivity index (χ2v) is 17.8. The standard InChI is InChI=1S/C53H102O5/c1-4-7-10-13-16-19-22-24-25-26-27-28-29-30-32-34-37-40-43-46-52(54)57-50-51(49-56-48-45-42-39-36-33-23-20-17-14-11-8-5-2)58-53(55)47-44-41-38-35-31-21-18-15-12-9-6-3/h14,17,51H,4-13,15-16,18-50H2,1-3H3/b17-14-. The van der Waals surface area contributed by atoms with Crippen LogP contribution in [0.25, 0.3) is 0 Å². The number of carbonyl (C=O) groups is 2. The van der Waals surface area contributed by atoms with Gasteiger partial charge in [-0.15, -0.1) is 0 Å². The van der Waals surface area contributed by atoms with Crippen LogP contribution in [0.15, 0.2) is 12.2 Å². The fourth-order valence-corrected chi connectivity index (χ4v) is 7.85. The maximum atomic E-state index is 12.7. The van der Waals surface area contributed by atoms with Crippen molar-refractivity contribution in [3.8, 4) is 0 Å². The van der Waals surface area contributed by atoms with Crippen molar-refractivity contribution in [2.45, 2.75) is 297 Å². The molecule has 58 heavy (non-hydrogen) atoms. The molecule has 0 rings (SSSR count). The van der Waals surface area contributed by atoms with Crippen molar-refractivity contribution in [1.82, 2.24) is 0 Å². The van der Waals surface area contributed by atoms with Crippen LogP contribution in [0.2, 0.25) is 0 Å². The lowest BCUT2D eigenvalue weighted by molar-refractivity contribution is -0.163. The summed E-state index contributed by atoms with van der Waals surface area (Å²) in [6.45, 7) is 7.84. The molecule has 0 aliphatic heterocycles. The largest absolute Gasteiger partial charge is 0.462 e. The van der Waals surface area contributed by atoms with Gasteiger partial charge in [-0.3, -0.25) is 9.59 Å². The summed E-state index contributed by atoms with van der Waals surface area (Å²) in [5, 5.41) is 0. The van der Waals surface area contributed by atoms with Crippen LogP contribution in [0.4, 0.5) is 0 Å². The highest BCUT2D eigenvalue weighted by Crippen LogP contribution is 2.16. The van der Waals surface area contributed by atoms with Crippen LogP contribution in [0.5, 0.6) is 0 Å². The molecule has 0 aliphatic carbocycles. The maximum absolute atomic E-state index is 12.7. The van der Waals surface area contributed by atoms with Gasteiger partial charge in [-0.1, -0.05) is 251 Å². The quantitative estimate of drug-likeness (QED) is 0.0348. The molecule has 1 unspecified atom stereocenters. The fraction of sp³-hybridized carbons (Fsp3) is 0.925. The van der Waals surface area contributed by atoms with Gasteiger partial charge in [0, 0.05) is 19.4 Å². The summed E-state index contributed by atoms with van der Waals surface area (Å²) in [5.74, 6) is -0.380. The highest BCUT2D eigenvalue weighted by atomic mass is 16.6. The van der Waals surface area contributed by atoms with Crippen LogP contribution in [0.1, 0.15) is 290 Å². The predicted octanol–water partition coefficient (Wildman–Crippen LogP) is 17.5. The van der Waals surface area contributed by atoms with Crippen molar-refractivity contribution in [3.63, 3.8) is 0 Å². The SMILES string of the molecule is CCCC/C=C\CCCCCCCCOCC(COC(=O)CCCCCCCCCCCCCCCCCCCCC)OC(=O)CCCCCCCCCCCCC. The summed E-state index contributed by atoms with van der Waals surface area (Å²) < 4.78 is 17.4. The van der Waals surface area contributed by atoms with Crippen LogP contribution in [-0.4, -0.2) is 37.9 Å². The molecule has 0 saturated carbocycles. The van der Waals surface area contributed by atoms with E-state index in [1.54, 1.807) is 0 Å². The molecule has 0 aliphatic rings. The minimum atomic E-state index is -0.528. The van der Waals surface area contributed by atoms with Crippen molar-refractivity contribution in [2.75, 3.05) is 19.8 Å². The fourth-order valence-electron chi connectivity index (χ4n) is 7.85. The first kappa shape index (κ1) is 56.6. The Morgan fingerprint density at radius 3 is 1.10 bits per heavy atom. The van der Waals surface area contributed by atoms with Crippen molar-refractivity contribution in [2.24, 2.45) is 0 Å². The Morgan fingerprint density at radius 1 is 0.362 bits per heavy atom. The molecule has 5 heteroatoms. The minimum Gasteiger partial charge on any atom is -0.462 e. The maximum Gasteiger partial charge on any atom is 0.306 e. The Morgan fingerprint density at radius 2 is 0.690 bits per heavy atom. The average molecular weight is 819 g/mol. The predicted molar refractivity (Wildman–Crippen MR) is 252 cm³/mol. The number of allylic oxidation sites excluding steroid dienone is 2. The zero-order valence-corrected chi connectivity index (χ0v) is 39.6. The van der Waals surface area contributed by atoms with Crippen LogP contribution >= 0.6 is 0 Å². The molecule has 0 heterocycles. The third-order valence-corrected chi connectivity index (χ3v) is 11.8. The Kier molecular flexibility index (Phi) is 48.8. The first-order chi connectivity index (χ1) is 28.6. The van der Waals surface area contributed by atoms with Gasteiger partial charge in [0.05, 0.1) is 6.61 Å². The van der Waals surface area contributed by atoms with E-state index >= 15 is 0 Å². The molecule has 0 spiro atoms. The van der Waals surface area contributed by atoms with Gasteiger partial charge in [-0.2, -0.15) is 0 Å². The molecule has 1 atom stereocenters. The molecule has 5 nitrogen and oxygen atoms in total. The van der Waals surface area contributed by atoms with E-state index in [1.807, 2.05) is 0 Å². The van der Waals surface area contributed by atoms with Crippen molar-refractivity contribution >= 4 is 11.9 Å². The number of rotatable bonds is 49. The van der Waals surface area contributed by atoms with Crippen LogP contribution in [-0.2, 0) is 23.8 Å². The zero-order chi connectivity index (χ0) is 42.1. The normalized spacial score (nSPS) is 12.1. The van der Waals surface area contributed by atoms with Crippen molar-refractivity contribution in [3.05, 3.63) is 12.2 Å². The molecule has 0 N–H and O–H groups in total. The Balaban J connectivity index is 4.12. The van der Waals surface area contributed by atoms with Gasteiger partial charge in [-0.25, -0.2) is 0 Å². The molecule has 0 aromatic rings. The molecular weight excluding hydrogens is 717 g/mol. The first-order valence-corrected chi connectivity index (χ1v) is 26.2. The summed E-state index contributed by atoms with van der Waals surface area (Å²) in [6.07, 6.45) is 56.5. The molecule has 0 saturated heterocycles. The zero-order valence-electron chi connectivity index (χ0n) is 39.6. The lowest BCUT2D eigenvalue weighted by Crippen LogP contribution is -2.30. The topological polar surface area (TPSA) is 61.8 Å². The van der Waals surface area contributed by atoms with E-state index in [2.05, 4.69) is 32.9 Å². The highest BCUT2D eigenvalue weighted by Gasteiger charge is 2.17. The van der Waals surface area contributed by atoms with Gasteiger partial charge in [0.1, 0.15) is 6.61 Å². The summed E-state index contributed by atoms with van der Waals surface area (Å²) in [7, 11) is 0. The van der Waals surface area contributed by atoms with Crippen LogP contribution in [0.3, 0.4) is 0 Å². The summed E-state index contributed by atoms with van der Waals surface area (Å²) in [6, 6.07) is 0. The van der Waals surface area contributed by atoms with Gasteiger partial charge in [0.25, 0.3) is 0 Å². The van der Waals surface area contributed by atoms with Gasteiger partial charge in [-0.05, 0) is 38.5 Å². The second kappa shape index (κ2) is 50.0. The number of carbonyl (C=O) groups excluding carboxylic acids is 2. The molecule has 0 radical (unpaired) electrons. The Labute approximate surface area is 363 Å². The monoisotopic (exact) mass is 819 g/mol. The van der Waals surface area contributed by atoms with Crippen LogP contribution < -0.4 is 0 Å². The minimum absolute atomic E-state index is 0.0921. The first-order valence-electron chi connectivity index (χ1n) is 26.2. The summed E-state index contributed by atoms with van der Waals surface area (Å²) in [4.78, 5) is 25.3. The number of hydrogen-bond acceptors (Lipinski definition) is 5. The van der Waals surface area contributed by atoms with E-state index < -0.39 is 6.10 Å². The van der Waals surface area contributed by atoms with E-state index in [-0.39, 0.29) is 18.5 Å². The van der Waals surface area contributed by atoms with Crippen LogP contribution in [0, 0.1) is 0 Å². The van der Waals surface area contributed by atoms with E-state index in [9.17, 15) is 9.59 Å². The number of hydrogen-bond donors (Lipinski definition) is 0. The number of ether oxygens (including phenoxy) is 3. The molecular formula is C53H102O5. The lowest BCUT2D eigenvalue weighted by atomic mass is 10.0. The average Bonchev–Trinajstić information content (AvgIpc) is 3.22. The van der Waals surface area contributed by atoms with E-state index in [1.165, 1.54) is 218 Å².